The van der Waals surface area contributed by atoms with Gasteiger partial charge < -0.3 is 15.4 Å². The first-order valence-electron chi connectivity index (χ1n) is 5.46. The number of carbonyl (C=O) groups excluding carboxylic acids is 1. The minimum Gasteiger partial charge on any atom is -0.449 e. The molecular formula is C10H18N2O2. The Morgan fingerprint density at radius 1 is 1.29 bits per heavy atom. The van der Waals surface area contributed by atoms with Crippen LogP contribution in [0.25, 0.3) is 0 Å². The molecule has 2 aliphatic rings. The summed E-state index contributed by atoms with van der Waals surface area (Å²) in [7, 11) is 0. The first-order chi connectivity index (χ1) is 6.77. The molecule has 0 aromatic heterocycles. The molecule has 2 rings (SSSR count). The highest BCUT2D eigenvalue weighted by molar-refractivity contribution is 5.68. The maximum absolute atomic E-state index is 11.4. The fraction of sp³-hybridized carbons (Fsp3) is 0.900. The smallest absolute Gasteiger partial charge is 0.410 e. The van der Waals surface area contributed by atoms with E-state index in [1.54, 1.807) is 0 Å². The van der Waals surface area contributed by atoms with E-state index >= 15 is 0 Å². The summed E-state index contributed by atoms with van der Waals surface area (Å²) in [4.78, 5) is 13.3. The summed E-state index contributed by atoms with van der Waals surface area (Å²) in [6.07, 6.45) is 4.99. The zero-order valence-corrected chi connectivity index (χ0v) is 8.45. The van der Waals surface area contributed by atoms with Crippen LogP contribution in [0.15, 0.2) is 0 Å². The van der Waals surface area contributed by atoms with Crippen LogP contribution in [0.3, 0.4) is 0 Å². The third kappa shape index (κ3) is 2.00. The summed E-state index contributed by atoms with van der Waals surface area (Å²) in [6, 6.07) is 0.717. The molecule has 0 aromatic rings. The van der Waals surface area contributed by atoms with Gasteiger partial charge in [0.1, 0.15) is 0 Å². The lowest BCUT2D eigenvalue weighted by Gasteiger charge is -2.37. The lowest BCUT2D eigenvalue weighted by Crippen LogP contribution is -2.47. The predicted octanol–water partition coefficient (Wildman–Crippen LogP) is 1.10. The average molecular weight is 198 g/mol. The summed E-state index contributed by atoms with van der Waals surface area (Å²) in [5.41, 5.74) is 5.83. The Morgan fingerprint density at radius 2 is 2.00 bits per heavy atom. The maximum Gasteiger partial charge on any atom is 0.410 e. The van der Waals surface area contributed by atoms with Gasteiger partial charge in [-0.3, -0.25) is 0 Å². The second kappa shape index (κ2) is 4.17. The molecule has 1 heterocycles. The number of hydrogen-bond acceptors (Lipinski definition) is 3. The van der Waals surface area contributed by atoms with E-state index < -0.39 is 0 Å². The van der Waals surface area contributed by atoms with Crippen LogP contribution >= 0.6 is 0 Å². The fourth-order valence-corrected chi connectivity index (χ4v) is 2.31. The molecule has 0 unspecified atom stereocenters. The molecular weight excluding hydrogens is 180 g/mol. The Bertz CT molecular complexity index is 212. The number of nitrogens with zero attached hydrogens (tertiary/aromatic N) is 1. The van der Waals surface area contributed by atoms with Gasteiger partial charge >= 0.3 is 6.09 Å². The molecule has 4 heteroatoms. The highest BCUT2D eigenvalue weighted by atomic mass is 16.6. The topological polar surface area (TPSA) is 55.6 Å². The van der Waals surface area contributed by atoms with Gasteiger partial charge in [0, 0.05) is 18.6 Å². The Morgan fingerprint density at radius 3 is 2.64 bits per heavy atom. The number of amides is 1. The van der Waals surface area contributed by atoms with Crippen LogP contribution in [0.1, 0.15) is 32.1 Å². The molecule has 14 heavy (non-hydrogen) atoms. The number of cyclic esters (lactones) is 1. The van der Waals surface area contributed by atoms with Crippen molar-refractivity contribution in [1.82, 2.24) is 4.90 Å². The van der Waals surface area contributed by atoms with Gasteiger partial charge in [0.15, 0.2) is 0 Å². The van der Waals surface area contributed by atoms with Crippen molar-refractivity contribution in [2.45, 2.75) is 44.2 Å². The molecule has 1 saturated carbocycles. The summed E-state index contributed by atoms with van der Waals surface area (Å²) in [5.74, 6) is 0. The van der Waals surface area contributed by atoms with E-state index in [9.17, 15) is 4.79 Å². The van der Waals surface area contributed by atoms with Crippen LogP contribution in [0, 0.1) is 0 Å². The Kier molecular flexibility index (Phi) is 2.91. The van der Waals surface area contributed by atoms with Crippen LogP contribution in [0.5, 0.6) is 0 Å². The molecule has 0 spiro atoms. The number of rotatable bonds is 1. The number of hydrogen-bond donors (Lipinski definition) is 1. The lowest BCUT2D eigenvalue weighted by atomic mass is 9.91. The molecule has 1 amide bonds. The first-order valence-corrected chi connectivity index (χ1v) is 5.46. The van der Waals surface area contributed by atoms with E-state index in [0.717, 1.165) is 38.6 Å². The van der Waals surface area contributed by atoms with E-state index in [-0.39, 0.29) is 6.09 Å². The second-order valence-electron chi connectivity index (χ2n) is 4.23. The minimum absolute atomic E-state index is 0.128. The van der Waals surface area contributed by atoms with Gasteiger partial charge in [-0.25, -0.2) is 4.79 Å². The maximum atomic E-state index is 11.4. The van der Waals surface area contributed by atoms with Gasteiger partial charge in [0.2, 0.25) is 0 Å². The van der Waals surface area contributed by atoms with E-state index in [1.807, 2.05) is 4.90 Å². The average Bonchev–Trinajstić information content (AvgIpc) is 2.20. The first kappa shape index (κ1) is 9.77. The van der Waals surface area contributed by atoms with E-state index in [0.29, 0.717) is 18.7 Å². The van der Waals surface area contributed by atoms with Gasteiger partial charge in [-0.1, -0.05) is 0 Å². The van der Waals surface area contributed by atoms with Crippen molar-refractivity contribution in [1.29, 1.82) is 0 Å². The SMILES string of the molecule is NC1CCC(N2CCCOC2=O)CC1. The molecule has 0 atom stereocenters. The number of ether oxygens (including phenoxy) is 1. The highest BCUT2D eigenvalue weighted by Gasteiger charge is 2.30. The van der Waals surface area contributed by atoms with Crippen molar-refractivity contribution in [3.8, 4) is 0 Å². The van der Waals surface area contributed by atoms with E-state index in [4.69, 9.17) is 10.5 Å². The molecule has 0 radical (unpaired) electrons. The third-order valence-electron chi connectivity index (χ3n) is 3.19. The van der Waals surface area contributed by atoms with Crippen LogP contribution in [-0.4, -0.2) is 36.2 Å². The van der Waals surface area contributed by atoms with E-state index in [1.165, 1.54) is 0 Å². The van der Waals surface area contributed by atoms with Gasteiger partial charge in [-0.15, -0.1) is 0 Å². The summed E-state index contributed by atoms with van der Waals surface area (Å²) < 4.78 is 5.03. The van der Waals surface area contributed by atoms with Crippen LogP contribution in [0.4, 0.5) is 4.79 Å². The molecule has 4 nitrogen and oxygen atoms in total. The molecule has 1 aliphatic heterocycles. The number of carbonyl (C=O) groups is 1. The monoisotopic (exact) mass is 198 g/mol. The van der Waals surface area contributed by atoms with Crippen molar-refractivity contribution >= 4 is 6.09 Å². The van der Waals surface area contributed by atoms with Gasteiger partial charge in [-0.2, -0.15) is 0 Å². The molecule has 1 saturated heterocycles. The normalized spacial score (nSPS) is 34.1. The fourth-order valence-electron chi connectivity index (χ4n) is 2.31. The zero-order valence-electron chi connectivity index (χ0n) is 8.45. The van der Waals surface area contributed by atoms with Crippen LogP contribution in [0.2, 0.25) is 0 Å². The Balaban J connectivity index is 1.90. The molecule has 0 bridgehead atoms. The number of nitrogens with two attached hydrogens (primary N) is 1. The van der Waals surface area contributed by atoms with Gasteiger partial charge in [0.25, 0.3) is 0 Å². The predicted molar refractivity (Wildman–Crippen MR) is 52.9 cm³/mol. The minimum atomic E-state index is -0.128. The quantitative estimate of drug-likeness (QED) is 0.686. The second-order valence-corrected chi connectivity index (χ2v) is 4.23. The molecule has 2 fully saturated rings. The molecule has 0 aromatic carbocycles. The molecule has 80 valence electrons. The van der Waals surface area contributed by atoms with Crippen molar-refractivity contribution < 1.29 is 9.53 Å². The zero-order chi connectivity index (χ0) is 9.97. The standard InChI is InChI=1S/C10H18N2O2/c11-8-2-4-9(5-3-8)12-6-1-7-14-10(12)13/h8-9H,1-7,11H2. The van der Waals surface area contributed by atoms with Crippen molar-refractivity contribution in [2.75, 3.05) is 13.2 Å². The summed E-state index contributed by atoms with van der Waals surface area (Å²) in [5, 5.41) is 0. The Labute approximate surface area is 84.4 Å². The van der Waals surface area contributed by atoms with Crippen molar-refractivity contribution in [3.05, 3.63) is 0 Å². The van der Waals surface area contributed by atoms with Gasteiger partial charge in [-0.05, 0) is 32.1 Å². The van der Waals surface area contributed by atoms with Crippen LogP contribution in [-0.2, 0) is 4.74 Å². The Hall–Kier alpha value is -0.770. The van der Waals surface area contributed by atoms with Crippen molar-refractivity contribution in [3.63, 3.8) is 0 Å². The summed E-state index contributed by atoms with van der Waals surface area (Å²) >= 11 is 0. The van der Waals surface area contributed by atoms with Crippen LogP contribution < -0.4 is 5.73 Å². The summed E-state index contributed by atoms with van der Waals surface area (Å²) in [6.45, 7) is 1.44. The largest absolute Gasteiger partial charge is 0.449 e. The highest BCUT2D eigenvalue weighted by Crippen LogP contribution is 2.24. The molecule has 1 aliphatic carbocycles. The van der Waals surface area contributed by atoms with Crippen molar-refractivity contribution in [2.24, 2.45) is 5.73 Å². The van der Waals surface area contributed by atoms with E-state index in [2.05, 4.69) is 0 Å². The third-order valence-corrected chi connectivity index (χ3v) is 3.19. The lowest BCUT2D eigenvalue weighted by molar-refractivity contribution is 0.0458. The molecule has 2 N–H and O–H groups in total. The van der Waals surface area contributed by atoms with Gasteiger partial charge in [0.05, 0.1) is 6.61 Å².